The highest BCUT2D eigenvalue weighted by atomic mass is 32.1. The van der Waals surface area contributed by atoms with E-state index in [1.165, 1.54) is 0 Å². The highest BCUT2D eigenvalue weighted by Gasteiger charge is 2.27. The fourth-order valence-electron chi connectivity index (χ4n) is 3.71. The smallest absolute Gasteiger partial charge is 0.329 e. The molecule has 0 saturated heterocycles. The SMILES string of the molecule is O=C(CCc1ccccc1)N[C@@H](Cc1ccccc1)C(=O)NC(CCS)C(=O)OCc1ccccc1. The predicted octanol–water partition coefficient (Wildman–Crippen LogP) is 3.89. The largest absolute Gasteiger partial charge is 0.459 e. The van der Waals surface area contributed by atoms with E-state index in [1.54, 1.807) is 0 Å². The summed E-state index contributed by atoms with van der Waals surface area (Å²) in [7, 11) is 0. The van der Waals surface area contributed by atoms with Crippen LogP contribution in [0.3, 0.4) is 0 Å². The van der Waals surface area contributed by atoms with Crippen molar-refractivity contribution in [3.05, 3.63) is 108 Å². The lowest BCUT2D eigenvalue weighted by molar-refractivity contribution is -0.149. The molecule has 6 nitrogen and oxygen atoms in total. The van der Waals surface area contributed by atoms with Crippen LogP contribution in [0.2, 0.25) is 0 Å². The third-order valence-corrected chi connectivity index (χ3v) is 5.92. The molecule has 0 aliphatic rings. The third kappa shape index (κ3) is 9.23. The molecule has 36 heavy (non-hydrogen) atoms. The zero-order valence-corrected chi connectivity index (χ0v) is 21.0. The summed E-state index contributed by atoms with van der Waals surface area (Å²) in [5, 5.41) is 5.63. The molecule has 1 unspecified atom stereocenters. The summed E-state index contributed by atoms with van der Waals surface area (Å²) in [6.45, 7) is 0.113. The summed E-state index contributed by atoms with van der Waals surface area (Å²) >= 11 is 4.24. The number of aryl methyl sites for hydroxylation is 1. The lowest BCUT2D eigenvalue weighted by Gasteiger charge is -2.23. The number of thiol groups is 1. The van der Waals surface area contributed by atoms with Gasteiger partial charge in [0.2, 0.25) is 11.8 Å². The highest BCUT2D eigenvalue weighted by Crippen LogP contribution is 2.09. The van der Waals surface area contributed by atoms with Crippen LogP contribution in [-0.4, -0.2) is 35.6 Å². The first kappa shape index (κ1) is 27.0. The standard InChI is InChI=1S/C29H32N2O4S/c32-27(17-16-22-10-4-1-5-11-22)30-26(20-23-12-6-2-7-13-23)28(33)31-25(18-19-36)29(34)35-21-24-14-8-3-9-15-24/h1-15,25-26,36H,16-21H2,(H,30,32)(H,31,33)/t25?,26-/m0/s1. The van der Waals surface area contributed by atoms with Crippen LogP contribution in [0.4, 0.5) is 0 Å². The van der Waals surface area contributed by atoms with E-state index in [1.807, 2.05) is 91.0 Å². The molecule has 0 radical (unpaired) electrons. The Hall–Kier alpha value is -3.58. The Balaban J connectivity index is 1.64. The van der Waals surface area contributed by atoms with Gasteiger partial charge in [-0.3, -0.25) is 9.59 Å². The monoisotopic (exact) mass is 504 g/mol. The van der Waals surface area contributed by atoms with E-state index in [4.69, 9.17) is 4.74 Å². The highest BCUT2D eigenvalue weighted by molar-refractivity contribution is 7.80. The van der Waals surface area contributed by atoms with Gasteiger partial charge in [-0.25, -0.2) is 4.79 Å². The summed E-state index contributed by atoms with van der Waals surface area (Å²) in [6.07, 6.45) is 1.43. The van der Waals surface area contributed by atoms with Crippen LogP contribution in [0.15, 0.2) is 91.0 Å². The molecular weight excluding hydrogens is 472 g/mol. The topological polar surface area (TPSA) is 84.5 Å². The summed E-state index contributed by atoms with van der Waals surface area (Å²) in [4.78, 5) is 38.7. The van der Waals surface area contributed by atoms with Gasteiger partial charge in [-0.05, 0) is 35.3 Å². The van der Waals surface area contributed by atoms with Crippen molar-refractivity contribution in [3.8, 4) is 0 Å². The second-order valence-electron chi connectivity index (χ2n) is 8.46. The normalized spacial score (nSPS) is 12.2. The Bertz CT molecular complexity index is 1090. The van der Waals surface area contributed by atoms with Crippen molar-refractivity contribution in [3.63, 3.8) is 0 Å². The van der Waals surface area contributed by atoms with Gasteiger partial charge in [0.25, 0.3) is 0 Å². The molecule has 3 aromatic carbocycles. The zero-order valence-electron chi connectivity index (χ0n) is 20.1. The van der Waals surface area contributed by atoms with Crippen LogP contribution in [0.1, 0.15) is 29.5 Å². The van der Waals surface area contributed by atoms with Gasteiger partial charge in [-0.1, -0.05) is 91.0 Å². The first-order valence-corrected chi connectivity index (χ1v) is 12.7. The average Bonchev–Trinajstić information content (AvgIpc) is 2.91. The minimum atomic E-state index is -0.863. The number of hydrogen-bond acceptors (Lipinski definition) is 5. The zero-order chi connectivity index (χ0) is 25.6. The van der Waals surface area contributed by atoms with Gasteiger partial charge in [0.05, 0.1) is 0 Å². The minimum Gasteiger partial charge on any atom is -0.459 e. The van der Waals surface area contributed by atoms with Crippen LogP contribution in [0, 0.1) is 0 Å². The van der Waals surface area contributed by atoms with Gasteiger partial charge in [-0.2, -0.15) is 12.6 Å². The first-order valence-electron chi connectivity index (χ1n) is 12.0. The van der Waals surface area contributed by atoms with Gasteiger partial charge in [-0.15, -0.1) is 0 Å². The van der Waals surface area contributed by atoms with Crippen molar-refractivity contribution < 1.29 is 19.1 Å². The number of benzene rings is 3. The van der Waals surface area contributed by atoms with Gasteiger partial charge in [0.15, 0.2) is 0 Å². The van der Waals surface area contributed by atoms with Crippen molar-refractivity contribution in [2.24, 2.45) is 0 Å². The van der Waals surface area contributed by atoms with Gasteiger partial charge < -0.3 is 15.4 Å². The first-order chi connectivity index (χ1) is 17.5. The van der Waals surface area contributed by atoms with Crippen molar-refractivity contribution in [1.82, 2.24) is 10.6 Å². The molecular formula is C29H32N2O4S. The summed E-state index contributed by atoms with van der Waals surface area (Å²) in [5.74, 6) is -0.809. The molecule has 0 aliphatic carbocycles. The molecule has 0 spiro atoms. The van der Waals surface area contributed by atoms with E-state index in [-0.39, 0.29) is 18.9 Å². The molecule has 3 rings (SSSR count). The molecule has 0 aliphatic heterocycles. The minimum absolute atomic E-state index is 0.113. The molecule has 0 saturated carbocycles. The molecule has 0 aromatic heterocycles. The molecule has 7 heteroatoms. The summed E-state index contributed by atoms with van der Waals surface area (Å²) in [6, 6.07) is 26.8. The number of nitrogens with one attached hydrogen (secondary N) is 2. The van der Waals surface area contributed by atoms with E-state index < -0.39 is 24.0 Å². The Morgan fingerprint density at radius 2 is 1.28 bits per heavy atom. The number of carbonyl (C=O) groups is 3. The maximum absolute atomic E-state index is 13.3. The molecule has 0 heterocycles. The molecule has 2 N–H and O–H groups in total. The van der Waals surface area contributed by atoms with Crippen molar-refractivity contribution in [2.75, 3.05) is 5.75 Å². The van der Waals surface area contributed by atoms with E-state index in [2.05, 4.69) is 23.3 Å². The van der Waals surface area contributed by atoms with Gasteiger partial charge in [0.1, 0.15) is 18.7 Å². The predicted molar refractivity (Wildman–Crippen MR) is 143 cm³/mol. The maximum Gasteiger partial charge on any atom is 0.329 e. The molecule has 2 amide bonds. The van der Waals surface area contributed by atoms with E-state index >= 15 is 0 Å². The Morgan fingerprint density at radius 3 is 1.86 bits per heavy atom. The second-order valence-corrected chi connectivity index (χ2v) is 8.91. The second kappa shape index (κ2) is 14.7. The van der Waals surface area contributed by atoms with Crippen LogP contribution in [-0.2, 0) is 38.6 Å². The van der Waals surface area contributed by atoms with Crippen LogP contribution in [0.25, 0.3) is 0 Å². The maximum atomic E-state index is 13.3. The van der Waals surface area contributed by atoms with Crippen LogP contribution in [0.5, 0.6) is 0 Å². The Labute approximate surface area is 217 Å². The number of ether oxygens (including phenoxy) is 1. The Morgan fingerprint density at radius 1 is 0.722 bits per heavy atom. The fraction of sp³-hybridized carbons (Fsp3) is 0.276. The number of hydrogen-bond donors (Lipinski definition) is 3. The molecule has 2 atom stereocenters. The number of esters is 1. The van der Waals surface area contributed by atoms with Crippen molar-refractivity contribution in [2.45, 2.75) is 44.4 Å². The van der Waals surface area contributed by atoms with E-state index in [0.717, 1.165) is 16.7 Å². The average molecular weight is 505 g/mol. The number of amides is 2. The lowest BCUT2D eigenvalue weighted by atomic mass is 10.0. The van der Waals surface area contributed by atoms with Gasteiger partial charge >= 0.3 is 5.97 Å². The lowest BCUT2D eigenvalue weighted by Crippen LogP contribution is -2.53. The molecule has 188 valence electrons. The molecule has 0 fully saturated rings. The molecule has 0 bridgehead atoms. The number of carbonyl (C=O) groups excluding carboxylic acids is 3. The van der Waals surface area contributed by atoms with E-state index in [0.29, 0.717) is 25.0 Å². The van der Waals surface area contributed by atoms with Crippen molar-refractivity contribution >= 4 is 30.4 Å². The molecule has 3 aromatic rings. The van der Waals surface area contributed by atoms with Crippen LogP contribution < -0.4 is 10.6 Å². The van der Waals surface area contributed by atoms with Crippen molar-refractivity contribution in [1.29, 1.82) is 0 Å². The van der Waals surface area contributed by atoms with E-state index in [9.17, 15) is 14.4 Å². The van der Waals surface area contributed by atoms with Gasteiger partial charge in [0, 0.05) is 12.8 Å². The summed E-state index contributed by atoms with van der Waals surface area (Å²) < 4.78 is 5.44. The number of rotatable bonds is 13. The Kier molecular flexibility index (Phi) is 11.1. The van der Waals surface area contributed by atoms with Crippen LogP contribution >= 0.6 is 12.6 Å². The summed E-state index contributed by atoms with van der Waals surface area (Å²) in [5.41, 5.74) is 2.81. The quantitative estimate of drug-likeness (QED) is 0.244. The fourth-order valence-corrected chi connectivity index (χ4v) is 3.97. The third-order valence-electron chi connectivity index (χ3n) is 5.66.